The van der Waals surface area contributed by atoms with Crippen LogP contribution >= 0.6 is 0 Å². The highest BCUT2D eigenvalue weighted by Gasteiger charge is 2.62. The SMILES string of the molecule is CC(C)C(=O)NC12CC3CC(C1)CC([C@H](N)C(=O)N1CC[C@@H]4C[C@@H]41)(C3)C2. The van der Waals surface area contributed by atoms with Gasteiger partial charge in [0.1, 0.15) is 0 Å². The summed E-state index contributed by atoms with van der Waals surface area (Å²) in [4.78, 5) is 27.8. The fourth-order valence-corrected chi connectivity index (χ4v) is 7.36. The van der Waals surface area contributed by atoms with Gasteiger partial charge >= 0.3 is 0 Å². The number of carbonyl (C=O) groups excluding carboxylic acids is 2. The minimum Gasteiger partial charge on any atom is -0.350 e. The Morgan fingerprint density at radius 1 is 1.12 bits per heavy atom. The summed E-state index contributed by atoms with van der Waals surface area (Å²) in [6.45, 7) is 4.82. The lowest BCUT2D eigenvalue weighted by Gasteiger charge is -2.63. The van der Waals surface area contributed by atoms with E-state index in [4.69, 9.17) is 5.73 Å². The van der Waals surface area contributed by atoms with Crippen molar-refractivity contribution in [3.05, 3.63) is 0 Å². The van der Waals surface area contributed by atoms with Crippen LogP contribution in [0.5, 0.6) is 0 Å². The van der Waals surface area contributed by atoms with Gasteiger partial charge in [-0.2, -0.15) is 0 Å². The minimum absolute atomic E-state index is 0.00524. The Hall–Kier alpha value is -1.10. The molecule has 5 aliphatic carbocycles. The molecule has 2 unspecified atom stereocenters. The number of piperidine rings is 1. The summed E-state index contributed by atoms with van der Waals surface area (Å²) in [5.74, 6) is 2.35. The van der Waals surface area contributed by atoms with E-state index >= 15 is 0 Å². The summed E-state index contributed by atoms with van der Waals surface area (Å²) < 4.78 is 0. The zero-order valence-corrected chi connectivity index (χ0v) is 16.2. The van der Waals surface area contributed by atoms with Crippen molar-refractivity contribution in [1.82, 2.24) is 10.2 Å². The van der Waals surface area contributed by atoms with Gasteiger partial charge in [-0.15, -0.1) is 0 Å². The third kappa shape index (κ3) is 2.45. The Morgan fingerprint density at radius 3 is 2.35 bits per heavy atom. The number of amides is 2. The van der Waals surface area contributed by atoms with Crippen molar-refractivity contribution >= 4 is 11.8 Å². The van der Waals surface area contributed by atoms with E-state index in [-0.39, 0.29) is 34.7 Å². The molecule has 1 heterocycles. The third-order valence-corrected chi connectivity index (χ3v) is 8.25. The van der Waals surface area contributed by atoms with Crippen molar-refractivity contribution in [2.24, 2.45) is 34.8 Å². The van der Waals surface area contributed by atoms with Crippen LogP contribution in [0.2, 0.25) is 0 Å². The largest absolute Gasteiger partial charge is 0.350 e. The number of nitrogens with one attached hydrogen (secondary N) is 1. The molecule has 1 aliphatic heterocycles. The second-order valence-electron chi connectivity index (χ2n) is 10.6. The molecule has 3 N–H and O–H groups in total. The first-order valence-electron chi connectivity index (χ1n) is 10.7. The van der Waals surface area contributed by atoms with Gasteiger partial charge in [0.2, 0.25) is 11.8 Å². The maximum Gasteiger partial charge on any atom is 0.240 e. The Balaban J connectivity index is 1.39. The molecule has 6 aliphatic rings. The molecule has 144 valence electrons. The van der Waals surface area contributed by atoms with E-state index in [1.807, 2.05) is 13.8 Å². The number of fused-ring (bicyclic) bond motifs is 1. The van der Waals surface area contributed by atoms with Crippen LogP contribution in [-0.2, 0) is 9.59 Å². The van der Waals surface area contributed by atoms with Gasteiger partial charge in [-0.1, -0.05) is 13.8 Å². The maximum absolute atomic E-state index is 13.2. The Morgan fingerprint density at radius 2 is 1.81 bits per heavy atom. The molecule has 1 saturated heterocycles. The number of hydrogen-bond acceptors (Lipinski definition) is 3. The molecule has 5 atom stereocenters. The molecule has 5 nitrogen and oxygen atoms in total. The molecular weight excluding hydrogens is 326 g/mol. The lowest BCUT2D eigenvalue weighted by atomic mass is 9.45. The van der Waals surface area contributed by atoms with E-state index in [0.29, 0.717) is 17.9 Å². The van der Waals surface area contributed by atoms with Gasteiger partial charge in [0, 0.05) is 24.0 Å². The molecule has 0 radical (unpaired) electrons. The van der Waals surface area contributed by atoms with Crippen LogP contribution in [0.4, 0.5) is 0 Å². The molecule has 6 fully saturated rings. The molecule has 0 spiro atoms. The normalized spacial score (nSPS) is 46.4. The molecule has 4 bridgehead atoms. The van der Waals surface area contributed by atoms with E-state index in [1.54, 1.807) is 0 Å². The smallest absolute Gasteiger partial charge is 0.240 e. The highest BCUT2D eigenvalue weighted by molar-refractivity contribution is 5.84. The lowest BCUT2D eigenvalue weighted by molar-refractivity contribution is -0.148. The number of rotatable bonds is 4. The predicted octanol–water partition coefficient (Wildman–Crippen LogP) is 2.05. The van der Waals surface area contributed by atoms with Gasteiger partial charge in [-0.3, -0.25) is 9.59 Å². The van der Waals surface area contributed by atoms with E-state index in [1.165, 1.54) is 12.8 Å². The Labute approximate surface area is 156 Å². The Bertz CT molecular complexity index is 631. The van der Waals surface area contributed by atoms with E-state index < -0.39 is 0 Å². The van der Waals surface area contributed by atoms with Crippen molar-refractivity contribution in [1.29, 1.82) is 0 Å². The molecular formula is C21H33N3O2. The van der Waals surface area contributed by atoms with Crippen LogP contribution in [0, 0.1) is 29.1 Å². The van der Waals surface area contributed by atoms with Gasteiger partial charge in [-0.25, -0.2) is 0 Å². The summed E-state index contributed by atoms with van der Waals surface area (Å²) in [6, 6.07) is 0.0974. The first kappa shape index (κ1) is 17.0. The van der Waals surface area contributed by atoms with Crippen LogP contribution in [0.15, 0.2) is 0 Å². The summed E-state index contributed by atoms with van der Waals surface area (Å²) in [5.41, 5.74) is 6.51. The first-order chi connectivity index (χ1) is 12.3. The van der Waals surface area contributed by atoms with E-state index in [0.717, 1.165) is 51.0 Å². The molecule has 2 amide bonds. The van der Waals surface area contributed by atoms with E-state index in [2.05, 4.69) is 10.2 Å². The van der Waals surface area contributed by atoms with Crippen molar-refractivity contribution in [2.45, 2.75) is 82.8 Å². The Kier molecular flexibility index (Phi) is 3.58. The number of hydrogen-bond donors (Lipinski definition) is 2. The van der Waals surface area contributed by atoms with Crippen molar-refractivity contribution in [3.63, 3.8) is 0 Å². The zero-order valence-electron chi connectivity index (χ0n) is 16.2. The molecule has 5 heteroatoms. The quantitative estimate of drug-likeness (QED) is 0.807. The molecule has 5 saturated carbocycles. The summed E-state index contributed by atoms with van der Waals surface area (Å²) >= 11 is 0. The summed E-state index contributed by atoms with van der Waals surface area (Å²) in [7, 11) is 0. The highest BCUT2D eigenvalue weighted by Crippen LogP contribution is 2.63. The van der Waals surface area contributed by atoms with Crippen LogP contribution in [-0.4, -0.2) is 40.9 Å². The average molecular weight is 360 g/mol. The molecule has 26 heavy (non-hydrogen) atoms. The minimum atomic E-state index is -0.386. The summed E-state index contributed by atoms with van der Waals surface area (Å²) in [6.07, 6.45) is 8.84. The molecule has 6 rings (SSSR count). The maximum atomic E-state index is 13.2. The zero-order chi connectivity index (χ0) is 18.3. The topological polar surface area (TPSA) is 75.4 Å². The highest BCUT2D eigenvalue weighted by atomic mass is 16.2. The van der Waals surface area contributed by atoms with Crippen LogP contribution in [0.1, 0.15) is 65.2 Å². The summed E-state index contributed by atoms with van der Waals surface area (Å²) in [5, 5.41) is 3.41. The monoisotopic (exact) mass is 359 g/mol. The fraction of sp³-hybridized carbons (Fsp3) is 0.905. The first-order valence-corrected chi connectivity index (χ1v) is 10.7. The fourth-order valence-electron chi connectivity index (χ4n) is 7.36. The average Bonchev–Trinajstić information content (AvgIpc) is 3.22. The number of nitrogens with two attached hydrogens (primary N) is 1. The third-order valence-electron chi connectivity index (χ3n) is 8.25. The van der Waals surface area contributed by atoms with Crippen molar-refractivity contribution < 1.29 is 9.59 Å². The lowest BCUT2D eigenvalue weighted by Crippen LogP contribution is -2.68. The van der Waals surface area contributed by atoms with Crippen LogP contribution < -0.4 is 11.1 Å². The van der Waals surface area contributed by atoms with Crippen LogP contribution in [0.25, 0.3) is 0 Å². The second-order valence-corrected chi connectivity index (χ2v) is 10.6. The molecule has 0 aromatic heterocycles. The number of nitrogens with zero attached hydrogens (tertiary/aromatic N) is 1. The van der Waals surface area contributed by atoms with Crippen molar-refractivity contribution in [2.75, 3.05) is 6.54 Å². The van der Waals surface area contributed by atoms with Gasteiger partial charge < -0.3 is 16.0 Å². The van der Waals surface area contributed by atoms with Gasteiger partial charge in [0.05, 0.1) is 6.04 Å². The number of carbonyl (C=O) groups is 2. The van der Waals surface area contributed by atoms with Crippen LogP contribution in [0.3, 0.4) is 0 Å². The van der Waals surface area contributed by atoms with Gasteiger partial charge in [-0.05, 0) is 74.5 Å². The van der Waals surface area contributed by atoms with Crippen molar-refractivity contribution in [3.8, 4) is 0 Å². The van der Waals surface area contributed by atoms with Gasteiger partial charge in [0.15, 0.2) is 0 Å². The molecule has 0 aromatic carbocycles. The second kappa shape index (κ2) is 5.46. The standard InChI is InChI=1S/C21H33N3O2/c1-12(2)18(25)23-21-9-13-5-14(10-21)8-20(7-13,11-21)17(22)19(26)24-4-3-15-6-16(15)24/h12-17H,3-11,22H2,1-2H3,(H,23,25)/t13?,14?,15-,16+,17-,20?,21?/m1/s1. The molecule has 0 aromatic rings. The van der Waals surface area contributed by atoms with Gasteiger partial charge in [0.25, 0.3) is 0 Å². The number of likely N-dealkylation sites (tertiary alicyclic amines) is 1. The predicted molar refractivity (Wildman–Crippen MR) is 99.0 cm³/mol. The van der Waals surface area contributed by atoms with E-state index in [9.17, 15) is 9.59 Å².